The van der Waals surface area contributed by atoms with Crippen molar-refractivity contribution < 1.29 is 9.84 Å². The van der Waals surface area contributed by atoms with Crippen LogP contribution in [0.4, 0.5) is 0 Å². The number of hydrogen-bond donors (Lipinski definition) is 1. The highest BCUT2D eigenvalue weighted by Crippen LogP contribution is 2.18. The molecule has 0 spiro atoms. The number of hydrogen-bond acceptors (Lipinski definition) is 4. The maximum atomic E-state index is 8.65. The van der Waals surface area contributed by atoms with Crippen molar-refractivity contribution in [1.82, 2.24) is 4.90 Å². The van der Waals surface area contributed by atoms with Crippen molar-refractivity contribution in [2.75, 3.05) is 26.8 Å². The van der Waals surface area contributed by atoms with Gasteiger partial charge in [0.25, 0.3) is 0 Å². The van der Waals surface area contributed by atoms with E-state index in [0.29, 0.717) is 6.10 Å². The van der Waals surface area contributed by atoms with E-state index in [0.717, 1.165) is 25.3 Å². The van der Waals surface area contributed by atoms with Crippen LogP contribution in [0.1, 0.15) is 23.3 Å². The van der Waals surface area contributed by atoms with Gasteiger partial charge in [-0.05, 0) is 26.0 Å². The van der Waals surface area contributed by atoms with Crippen LogP contribution in [0, 0.1) is 11.8 Å². The molecule has 18 heavy (non-hydrogen) atoms. The Hall–Kier alpha value is -0.860. The first-order valence-electron chi connectivity index (χ1n) is 6.25. The van der Waals surface area contributed by atoms with E-state index in [1.54, 1.807) is 11.3 Å². The van der Waals surface area contributed by atoms with Crippen LogP contribution in [0.25, 0.3) is 0 Å². The lowest BCUT2D eigenvalue weighted by atomic mass is 10.2. The van der Waals surface area contributed by atoms with Gasteiger partial charge in [-0.1, -0.05) is 11.8 Å². The standard InChI is InChI=1S/C14H19NO2S/c1-15(9-13-5-3-7-17-13)10-14-8-12(11-18-14)4-2-6-16/h8,11,13,16H,3,5-7,9-10H2,1H3. The quantitative estimate of drug-likeness (QED) is 0.841. The summed E-state index contributed by atoms with van der Waals surface area (Å²) in [4.78, 5) is 3.60. The van der Waals surface area contributed by atoms with Crippen molar-refractivity contribution in [2.45, 2.75) is 25.5 Å². The summed E-state index contributed by atoms with van der Waals surface area (Å²) in [5.74, 6) is 5.60. The van der Waals surface area contributed by atoms with Crippen LogP contribution in [0.15, 0.2) is 11.4 Å². The fourth-order valence-electron chi connectivity index (χ4n) is 2.14. The van der Waals surface area contributed by atoms with Crippen molar-refractivity contribution in [3.63, 3.8) is 0 Å². The molecule has 1 aliphatic heterocycles. The third kappa shape index (κ3) is 4.11. The topological polar surface area (TPSA) is 32.7 Å². The molecule has 1 saturated heterocycles. The smallest absolute Gasteiger partial charge is 0.104 e. The van der Waals surface area contributed by atoms with Gasteiger partial charge < -0.3 is 9.84 Å². The number of aliphatic hydroxyl groups is 1. The average molecular weight is 265 g/mol. The van der Waals surface area contributed by atoms with Gasteiger partial charge in [-0.25, -0.2) is 0 Å². The number of ether oxygens (including phenoxy) is 1. The minimum atomic E-state index is -0.0793. The zero-order valence-corrected chi connectivity index (χ0v) is 11.5. The summed E-state index contributed by atoms with van der Waals surface area (Å²) in [6, 6.07) is 2.10. The monoisotopic (exact) mass is 265 g/mol. The lowest BCUT2D eigenvalue weighted by Gasteiger charge is -2.19. The van der Waals surface area contributed by atoms with Crippen molar-refractivity contribution >= 4 is 11.3 Å². The molecule has 1 fully saturated rings. The Morgan fingerprint density at radius 3 is 3.22 bits per heavy atom. The number of likely N-dealkylation sites (N-methyl/N-ethyl adjacent to an activating group) is 1. The van der Waals surface area contributed by atoms with E-state index in [9.17, 15) is 0 Å². The molecule has 1 unspecified atom stereocenters. The molecule has 1 aliphatic rings. The van der Waals surface area contributed by atoms with Crippen LogP contribution in [0.2, 0.25) is 0 Å². The third-order valence-corrected chi connectivity index (χ3v) is 3.85. The van der Waals surface area contributed by atoms with Crippen molar-refractivity contribution in [2.24, 2.45) is 0 Å². The van der Waals surface area contributed by atoms with Gasteiger partial charge in [-0.15, -0.1) is 11.3 Å². The zero-order valence-electron chi connectivity index (χ0n) is 10.7. The second kappa shape index (κ2) is 6.91. The largest absolute Gasteiger partial charge is 0.384 e. The van der Waals surface area contributed by atoms with E-state index in [2.05, 4.69) is 29.9 Å². The van der Waals surface area contributed by atoms with Gasteiger partial charge in [-0.2, -0.15) is 0 Å². The molecule has 1 aromatic heterocycles. The van der Waals surface area contributed by atoms with E-state index < -0.39 is 0 Å². The molecule has 1 N–H and O–H groups in total. The maximum Gasteiger partial charge on any atom is 0.104 e. The van der Waals surface area contributed by atoms with Crippen LogP contribution in [0.5, 0.6) is 0 Å². The Balaban J connectivity index is 1.82. The summed E-state index contributed by atoms with van der Waals surface area (Å²) in [6.45, 7) is 2.77. The normalized spacial score (nSPS) is 18.9. The van der Waals surface area contributed by atoms with Gasteiger partial charge in [-0.3, -0.25) is 4.90 Å². The fraction of sp³-hybridized carbons (Fsp3) is 0.571. The summed E-state index contributed by atoms with van der Waals surface area (Å²) >= 11 is 1.72. The molecule has 1 aromatic rings. The lowest BCUT2D eigenvalue weighted by molar-refractivity contribution is 0.0796. The lowest BCUT2D eigenvalue weighted by Crippen LogP contribution is -2.27. The number of nitrogens with zero attached hydrogens (tertiary/aromatic N) is 1. The van der Waals surface area contributed by atoms with Gasteiger partial charge in [0.1, 0.15) is 6.61 Å². The van der Waals surface area contributed by atoms with Crippen LogP contribution in [0.3, 0.4) is 0 Å². The molecule has 98 valence electrons. The van der Waals surface area contributed by atoms with Crippen LogP contribution >= 0.6 is 11.3 Å². The fourth-order valence-corrected chi connectivity index (χ4v) is 3.03. The van der Waals surface area contributed by atoms with E-state index in [1.165, 1.54) is 17.7 Å². The van der Waals surface area contributed by atoms with Gasteiger partial charge in [0.15, 0.2) is 0 Å². The molecular formula is C14H19NO2S. The molecule has 2 heterocycles. The summed E-state index contributed by atoms with van der Waals surface area (Å²) in [6.07, 6.45) is 2.78. The van der Waals surface area contributed by atoms with Crippen LogP contribution in [-0.2, 0) is 11.3 Å². The van der Waals surface area contributed by atoms with E-state index in [4.69, 9.17) is 9.84 Å². The Morgan fingerprint density at radius 1 is 1.61 bits per heavy atom. The van der Waals surface area contributed by atoms with Crippen LogP contribution in [-0.4, -0.2) is 42.9 Å². The molecule has 0 aliphatic carbocycles. The van der Waals surface area contributed by atoms with Gasteiger partial charge >= 0.3 is 0 Å². The molecule has 0 radical (unpaired) electrons. The Morgan fingerprint density at radius 2 is 2.50 bits per heavy atom. The van der Waals surface area contributed by atoms with Crippen LogP contribution < -0.4 is 0 Å². The van der Waals surface area contributed by atoms with Gasteiger partial charge in [0, 0.05) is 35.5 Å². The highest BCUT2D eigenvalue weighted by atomic mass is 32.1. The maximum absolute atomic E-state index is 8.65. The first kappa shape index (κ1) is 13.6. The molecule has 0 aromatic carbocycles. The van der Waals surface area contributed by atoms with E-state index in [-0.39, 0.29) is 6.61 Å². The summed E-state index contributed by atoms with van der Waals surface area (Å²) in [5, 5.41) is 10.7. The van der Waals surface area contributed by atoms with Crippen molar-refractivity contribution in [3.05, 3.63) is 21.9 Å². The summed E-state index contributed by atoms with van der Waals surface area (Å²) in [5.41, 5.74) is 0.995. The average Bonchev–Trinajstić information content (AvgIpc) is 2.98. The molecule has 0 amide bonds. The second-order valence-corrected chi connectivity index (χ2v) is 5.59. The first-order chi connectivity index (χ1) is 8.78. The minimum absolute atomic E-state index is 0.0793. The molecule has 0 saturated carbocycles. The summed E-state index contributed by atoms with van der Waals surface area (Å²) in [7, 11) is 2.13. The van der Waals surface area contributed by atoms with Gasteiger partial charge in [0.2, 0.25) is 0 Å². The van der Waals surface area contributed by atoms with E-state index >= 15 is 0 Å². The van der Waals surface area contributed by atoms with Crippen molar-refractivity contribution in [1.29, 1.82) is 0 Å². The highest BCUT2D eigenvalue weighted by molar-refractivity contribution is 7.10. The molecule has 2 rings (SSSR count). The number of thiophene rings is 1. The first-order valence-corrected chi connectivity index (χ1v) is 7.13. The van der Waals surface area contributed by atoms with Crippen molar-refractivity contribution in [3.8, 4) is 11.8 Å². The molecule has 1 atom stereocenters. The Labute approximate surface area is 112 Å². The second-order valence-electron chi connectivity index (χ2n) is 4.59. The molecular weight excluding hydrogens is 246 g/mol. The number of aliphatic hydroxyl groups excluding tert-OH is 1. The predicted molar refractivity (Wildman–Crippen MR) is 73.6 cm³/mol. The third-order valence-electron chi connectivity index (χ3n) is 2.93. The predicted octanol–water partition coefficient (Wildman–Crippen LogP) is 1.70. The molecule has 3 nitrogen and oxygen atoms in total. The Kier molecular flexibility index (Phi) is 5.21. The SMILES string of the molecule is CN(Cc1cc(C#CCO)cs1)CC1CCCO1. The number of rotatable bonds is 4. The van der Waals surface area contributed by atoms with E-state index in [1.807, 2.05) is 5.38 Å². The Bertz CT molecular complexity index is 426. The highest BCUT2D eigenvalue weighted by Gasteiger charge is 2.17. The molecule has 0 bridgehead atoms. The summed E-state index contributed by atoms with van der Waals surface area (Å²) < 4.78 is 5.63. The minimum Gasteiger partial charge on any atom is -0.384 e. The molecule has 4 heteroatoms. The zero-order chi connectivity index (χ0) is 12.8. The van der Waals surface area contributed by atoms with Gasteiger partial charge in [0.05, 0.1) is 6.10 Å².